The fourth-order valence-corrected chi connectivity index (χ4v) is 2.23. The Balaban J connectivity index is 1.93. The zero-order chi connectivity index (χ0) is 15.1. The van der Waals surface area contributed by atoms with Gasteiger partial charge < -0.3 is 19.9 Å². The molecule has 2 N–H and O–H groups in total. The molecular formula is C16H18BrNO3. The Morgan fingerprint density at radius 3 is 2.76 bits per heavy atom. The van der Waals surface area contributed by atoms with E-state index in [2.05, 4.69) is 21.2 Å². The molecule has 2 rings (SSSR count). The van der Waals surface area contributed by atoms with Crippen molar-refractivity contribution in [2.24, 2.45) is 0 Å². The van der Waals surface area contributed by atoms with Crippen molar-refractivity contribution >= 4 is 21.6 Å². The number of phenolic OH excluding ortho intramolecular Hbond substituents is 1. The van der Waals surface area contributed by atoms with E-state index in [0.717, 1.165) is 17.0 Å². The zero-order valence-corrected chi connectivity index (χ0v) is 13.4. The van der Waals surface area contributed by atoms with Gasteiger partial charge in [-0.3, -0.25) is 0 Å². The lowest BCUT2D eigenvalue weighted by Gasteiger charge is -2.10. The van der Waals surface area contributed by atoms with Crippen LogP contribution in [0.1, 0.15) is 5.56 Å². The first-order chi connectivity index (χ1) is 10.2. The monoisotopic (exact) mass is 351 g/mol. The molecule has 0 saturated heterocycles. The molecule has 0 aliphatic rings. The maximum Gasteiger partial charge on any atom is 0.129 e. The van der Waals surface area contributed by atoms with E-state index in [1.165, 1.54) is 0 Å². The Labute approximate surface area is 132 Å². The Kier molecular flexibility index (Phi) is 5.90. The minimum absolute atomic E-state index is 0.243. The molecule has 0 fully saturated rings. The van der Waals surface area contributed by atoms with Gasteiger partial charge in [0.1, 0.15) is 18.1 Å². The van der Waals surface area contributed by atoms with Crippen LogP contribution in [0.4, 0.5) is 5.69 Å². The summed E-state index contributed by atoms with van der Waals surface area (Å²) in [6.07, 6.45) is 0. The SMILES string of the molecule is COCCOc1cccc(NCc2ccc(O)c(Br)c2)c1. The summed E-state index contributed by atoms with van der Waals surface area (Å²) in [5.41, 5.74) is 2.06. The standard InChI is InChI=1S/C16H18BrNO3/c1-20-7-8-21-14-4-2-3-13(10-14)18-11-12-5-6-16(19)15(17)9-12/h2-6,9-10,18-19H,7-8,11H2,1H3. The Bertz CT molecular complexity index is 589. The summed E-state index contributed by atoms with van der Waals surface area (Å²) in [5.74, 6) is 1.05. The quantitative estimate of drug-likeness (QED) is 0.745. The molecule has 0 aromatic heterocycles. The summed E-state index contributed by atoms with van der Waals surface area (Å²) in [4.78, 5) is 0. The first-order valence-corrected chi connectivity index (χ1v) is 7.41. The number of halogens is 1. The van der Waals surface area contributed by atoms with Gasteiger partial charge >= 0.3 is 0 Å². The largest absolute Gasteiger partial charge is 0.507 e. The number of anilines is 1. The van der Waals surface area contributed by atoms with E-state index in [0.29, 0.717) is 24.2 Å². The maximum absolute atomic E-state index is 9.47. The van der Waals surface area contributed by atoms with Gasteiger partial charge in [0.2, 0.25) is 0 Å². The summed E-state index contributed by atoms with van der Waals surface area (Å²) >= 11 is 3.31. The first-order valence-electron chi connectivity index (χ1n) is 6.62. The molecule has 0 atom stereocenters. The van der Waals surface area contributed by atoms with Gasteiger partial charge in [0.25, 0.3) is 0 Å². The van der Waals surface area contributed by atoms with E-state index in [9.17, 15) is 5.11 Å². The van der Waals surface area contributed by atoms with Gasteiger partial charge in [0.05, 0.1) is 11.1 Å². The van der Waals surface area contributed by atoms with Crippen LogP contribution in [-0.4, -0.2) is 25.4 Å². The van der Waals surface area contributed by atoms with Gasteiger partial charge in [0.15, 0.2) is 0 Å². The second-order valence-corrected chi connectivity index (χ2v) is 5.36. The molecule has 4 nitrogen and oxygen atoms in total. The van der Waals surface area contributed by atoms with E-state index < -0.39 is 0 Å². The first kappa shape index (κ1) is 15.7. The lowest BCUT2D eigenvalue weighted by atomic mass is 10.2. The summed E-state index contributed by atoms with van der Waals surface area (Å²) in [6, 6.07) is 13.2. The van der Waals surface area contributed by atoms with Crippen molar-refractivity contribution in [3.63, 3.8) is 0 Å². The van der Waals surface area contributed by atoms with Crippen LogP contribution >= 0.6 is 15.9 Å². The highest BCUT2D eigenvalue weighted by molar-refractivity contribution is 9.10. The molecule has 21 heavy (non-hydrogen) atoms. The van der Waals surface area contributed by atoms with Gasteiger partial charge in [-0.25, -0.2) is 0 Å². The molecule has 5 heteroatoms. The van der Waals surface area contributed by atoms with Crippen LogP contribution in [0, 0.1) is 0 Å². The lowest BCUT2D eigenvalue weighted by molar-refractivity contribution is 0.146. The number of ether oxygens (including phenoxy) is 2. The molecule has 2 aromatic rings. The molecular weight excluding hydrogens is 334 g/mol. The number of phenols is 1. The molecule has 112 valence electrons. The summed E-state index contributed by atoms with van der Waals surface area (Å²) in [5, 5.41) is 12.8. The van der Waals surface area contributed by atoms with Crippen molar-refractivity contribution in [1.29, 1.82) is 0 Å². The van der Waals surface area contributed by atoms with Gasteiger partial charge in [0, 0.05) is 25.4 Å². The Morgan fingerprint density at radius 2 is 2.00 bits per heavy atom. The van der Waals surface area contributed by atoms with Gasteiger partial charge in [-0.1, -0.05) is 12.1 Å². The predicted octanol–water partition coefficient (Wildman–Crippen LogP) is 3.79. The third kappa shape index (κ3) is 4.95. The van der Waals surface area contributed by atoms with Crippen LogP contribution in [0.5, 0.6) is 11.5 Å². The molecule has 0 saturated carbocycles. The minimum Gasteiger partial charge on any atom is -0.507 e. The average Bonchev–Trinajstić information content (AvgIpc) is 2.49. The molecule has 0 unspecified atom stereocenters. The summed E-state index contributed by atoms with van der Waals surface area (Å²) in [6.45, 7) is 1.77. The maximum atomic E-state index is 9.47. The van der Waals surface area contributed by atoms with Gasteiger partial charge in [-0.15, -0.1) is 0 Å². The van der Waals surface area contributed by atoms with Gasteiger partial charge in [-0.2, -0.15) is 0 Å². The molecule has 0 spiro atoms. The van der Waals surface area contributed by atoms with Crippen molar-refractivity contribution in [1.82, 2.24) is 0 Å². The van der Waals surface area contributed by atoms with E-state index in [1.54, 1.807) is 13.2 Å². The van der Waals surface area contributed by atoms with Gasteiger partial charge in [-0.05, 0) is 45.8 Å². The molecule has 0 aliphatic heterocycles. The number of rotatable bonds is 7. The number of hydrogen-bond acceptors (Lipinski definition) is 4. The normalized spacial score (nSPS) is 10.4. The minimum atomic E-state index is 0.243. The highest BCUT2D eigenvalue weighted by Gasteiger charge is 2.01. The molecule has 0 bridgehead atoms. The van der Waals surface area contributed by atoms with Crippen molar-refractivity contribution in [3.8, 4) is 11.5 Å². The molecule has 0 amide bonds. The summed E-state index contributed by atoms with van der Waals surface area (Å²) < 4.78 is 11.2. The molecule has 0 radical (unpaired) electrons. The van der Waals surface area contributed by atoms with Crippen LogP contribution in [0.2, 0.25) is 0 Å². The van der Waals surface area contributed by atoms with E-state index in [1.807, 2.05) is 36.4 Å². The number of nitrogens with one attached hydrogen (secondary N) is 1. The van der Waals surface area contributed by atoms with E-state index in [-0.39, 0.29) is 5.75 Å². The smallest absolute Gasteiger partial charge is 0.129 e. The van der Waals surface area contributed by atoms with Crippen LogP contribution in [0.25, 0.3) is 0 Å². The van der Waals surface area contributed by atoms with Crippen molar-refractivity contribution in [3.05, 3.63) is 52.5 Å². The second kappa shape index (κ2) is 7.90. The highest BCUT2D eigenvalue weighted by atomic mass is 79.9. The van der Waals surface area contributed by atoms with Crippen molar-refractivity contribution < 1.29 is 14.6 Å². The van der Waals surface area contributed by atoms with Crippen LogP contribution in [-0.2, 0) is 11.3 Å². The van der Waals surface area contributed by atoms with Crippen molar-refractivity contribution in [2.45, 2.75) is 6.54 Å². The third-order valence-electron chi connectivity index (χ3n) is 2.90. The fraction of sp³-hybridized carbons (Fsp3) is 0.250. The highest BCUT2D eigenvalue weighted by Crippen LogP contribution is 2.25. The number of hydrogen-bond donors (Lipinski definition) is 2. The number of benzene rings is 2. The van der Waals surface area contributed by atoms with Crippen molar-refractivity contribution in [2.75, 3.05) is 25.6 Å². The lowest BCUT2D eigenvalue weighted by Crippen LogP contribution is -2.05. The van der Waals surface area contributed by atoms with Crippen LogP contribution in [0.3, 0.4) is 0 Å². The van der Waals surface area contributed by atoms with E-state index in [4.69, 9.17) is 9.47 Å². The van der Waals surface area contributed by atoms with E-state index >= 15 is 0 Å². The zero-order valence-electron chi connectivity index (χ0n) is 11.8. The number of methoxy groups -OCH3 is 1. The Morgan fingerprint density at radius 1 is 1.14 bits per heavy atom. The summed E-state index contributed by atoms with van der Waals surface area (Å²) in [7, 11) is 1.65. The topological polar surface area (TPSA) is 50.7 Å². The fourth-order valence-electron chi connectivity index (χ4n) is 1.80. The predicted molar refractivity (Wildman–Crippen MR) is 86.9 cm³/mol. The Hall–Kier alpha value is -1.72. The molecule has 0 heterocycles. The number of aromatic hydroxyl groups is 1. The average molecular weight is 352 g/mol. The second-order valence-electron chi connectivity index (χ2n) is 4.51. The van der Waals surface area contributed by atoms with Crippen LogP contribution < -0.4 is 10.1 Å². The van der Waals surface area contributed by atoms with Crippen LogP contribution in [0.15, 0.2) is 46.9 Å². The third-order valence-corrected chi connectivity index (χ3v) is 3.53. The molecule has 2 aromatic carbocycles. The molecule has 0 aliphatic carbocycles.